The van der Waals surface area contributed by atoms with Crippen molar-refractivity contribution in [1.29, 1.82) is 0 Å². The third-order valence-electron chi connectivity index (χ3n) is 5.22. The van der Waals surface area contributed by atoms with E-state index in [2.05, 4.69) is 16.2 Å². The normalized spacial score (nSPS) is 24.2. The predicted molar refractivity (Wildman–Crippen MR) is 91.2 cm³/mol. The summed E-state index contributed by atoms with van der Waals surface area (Å²) in [7, 11) is 0. The minimum atomic E-state index is -0.104. The van der Waals surface area contributed by atoms with Crippen molar-refractivity contribution in [2.24, 2.45) is 0 Å². The third-order valence-corrected chi connectivity index (χ3v) is 5.22. The Morgan fingerprint density at radius 3 is 2.96 bits per heavy atom. The van der Waals surface area contributed by atoms with E-state index in [9.17, 15) is 4.79 Å². The van der Waals surface area contributed by atoms with Crippen LogP contribution in [-0.4, -0.2) is 40.7 Å². The van der Waals surface area contributed by atoms with Gasteiger partial charge in [0, 0.05) is 24.6 Å². The van der Waals surface area contributed by atoms with Crippen molar-refractivity contribution < 1.29 is 14.1 Å². The predicted octanol–water partition coefficient (Wildman–Crippen LogP) is 3.33. The number of ether oxygens (including phenoxy) is 1. The van der Waals surface area contributed by atoms with E-state index in [1.807, 2.05) is 23.1 Å². The zero-order chi connectivity index (χ0) is 17.1. The Labute approximate surface area is 147 Å². The number of amides is 1. The monoisotopic (exact) mass is 341 g/mol. The number of hydrogen-bond donors (Lipinski definition) is 0. The second-order valence-corrected chi connectivity index (χ2v) is 6.84. The summed E-state index contributed by atoms with van der Waals surface area (Å²) >= 11 is 0. The number of carbonyl (C=O) groups excluding carboxylic acids is 1. The molecule has 3 heterocycles. The molecule has 0 radical (unpaired) electrons. The summed E-state index contributed by atoms with van der Waals surface area (Å²) in [6.07, 6.45) is 6.44. The summed E-state index contributed by atoms with van der Waals surface area (Å²) in [5.41, 5.74) is 1.93. The van der Waals surface area contributed by atoms with Crippen LogP contribution in [0.5, 0.6) is 0 Å². The van der Waals surface area contributed by atoms with Gasteiger partial charge in [0.2, 0.25) is 6.39 Å². The average Bonchev–Trinajstić information content (AvgIpc) is 3.32. The Morgan fingerprint density at radius 2 is 2.16 bits per heavy atom. The molecule has 2 aliphatic rings. The van der Waals surface area contributed by atoms with Crippen molar-refractivity contribution >= 4 is 5.91 Å². The summed E-state index contributed by atoms with van der Waals surface area (Å²) in [4.78, 5) is 19.4. The van der Waals surface area contributed by atoms with Gasteiger partial charge in [-0.05, 0) is 37.0 Å². The topological polar surface area (TPSA) is 68.5 Å². The van der Waals surface area contributed by atoms with Crippen LogP contribution in [0.15, 0.2) is 35.2 Å². The van der Waals surface area contributed by atoms with E-state index in [0.717, 1.165) is 57.4 Å². The molecule has 132 valence electrons. The smallest absolute Gasteiger partial charge is 0.254 e. The maximum absolute atomic E-state index is 13.2. The Balaban J connectivity index is 1.60. The minimum absolute atomic E-state index is 0.0532. The number of benzene rings is 1. The number of aromatic nitrogens is 2. The van der Waals surface area contributed by atoms with Gasteiger partial charge in [0.1, 0.15) is 0 Å². The maximum atomic E-state index is 13.2. The Morgan fingerprint density at radius 1 is 1.20 bits per heavy atom. The molecule has 0 N–H and O–H groups in total. The quantitative estimate of drug-likeness (QED) is 0.856. The fraction of sp³-hybridized carbons (Fsp3) is 0.526. The lowest BCUT2D eigenvalue weighted by molar-refractivity contribution is 0.0670. The Kier molecular flexibility index (Phi) is 4.78. The van der Waals surface area contributed by atoms with Gasteiger partial charge >= 0.3 is 0 Å². The van der Waals surface area contributed by atoms with E-state index in [0.29, 0.717) is 11.7 Å². The summed E-state index contributed by atoms with van der Waals surface area (Å²) in [6.45, 7) is 2.27. The molecule has 1 aromatic heterocycles. The van der Waals surface area contributed by atoms with Crippen LogP contribution in [0.25, 0.3) is 0 Å². The van der Waals surface area contributed by atoms with E-state index in [-0.39, 0.29) is 11.9 Å². The number of nitrogens with zero attached hydrogens (tertiary/aromatic N) is 3. The summed E-state index contributed by atoms with van der Waals surface area (Å²) in [6, 6.07) is 7.89. The molecule has 0 bridgehead atoms. The standard InChI is InChI=1S/C19H23N3O3/c23-19(15-6-4-5-14(11-15)16-8-10-24-12-16)22-9-3-1-2-7-17(22)18-20-13-25-21-18/h4-6,11,13,16-17H,1-3,7-10,12H2/t16-,17-/m0/s1. The Hall–Kier alpha value is -2.21. The molecule has 1 amide bonds. The molecule has 0 aliphatic carbocycles. The molecule has 25 heavy (non-hydrogen) atoms. The molecule has 2 atom stereocenters. The third kappa shape index (κ3) is 3.44. The average molecular weight is 341 g/mol. The molecule has 2 aromatic rings. The van der Waals surface area contributed by atoms with Gasteiger partial charge in [0.25, 0.3) is 5.91 Å². The molecule has 2 aliphatic heterocycles. The van der Waals surface area contributed by atoms with Gasteiger partial charge in [-0.25, -0.2) is 0 Å². The van der Waals surface area contributed by atoms with E-state index in [1.54, 1.807) is 0 Å². The van der Waals surface area contributed by atoms with Gasteiger partial charge in [0.05, 0.1) is 12.6 Å². The van der Waals surface area contributed by atoms with Crippen LogP contribution >= 0.6 is 0 Å². The number of carbonyl (C=O) groups is 1. The van der Waals surface area contributed by atoms with Crippen molar-refractivity contribution in [3.05, 3.63) is 47.6 Å². The van der Waals surface area contributed by atoms with E-state index in [4.69, 9.17) is 9.26 Å². The van der Waals surface area contributed by atoms with Gasteiger partial charge in [-0.2, -0.15) is 4.98 Å². The first kappa shape index (κ1) is 16.3. The minimum Gasteiger partial charge on any atom is -0.381 e. The van der Waals surface area contributed by atoms with Crippen molar-refractivity contribution in [2.45, 2.75) is 44.1 Å². The first-order valence-electron chi connectivity index (χ1n) is 9.08. The van der Waals surface area contributed by atoms with Crippen molar-refractivity contribution in [2.75, 3.05) is 19.8 Å². The molecule has 6 nitrogen and oxygen atoms in total. The van der Waals surface area contributed by atoms with Crippen molar-refractivity contribution in [3.8, 4) is 0 Å². The summed E-state index contributed by atoms with van der Waals surface area (Å²) in [5.74, 6) is 1.05. The van der Waals surface area contributed by atoms with Crippen LogP contribution in [0.1, 0.15) is 65.8 Å². The number of rotatable bonds is 3. The van der Waals surface area contributed by atoms with Crippen molar-refractivity contribution in [3.63, 3.8) is 0 Å². The second-order valence-electron chi connectivity index (χ2n) is 6.84. The fourth-order valence-corrected chi connectivity index (χ4v) is 3.83. The number of hydrogen-bond acceptors (Lipinski definition) is 5. The van der Waals surface area contributed by atoms with Gasteiger partial charge in [-0.1, -0.05) is 30.1 Å². The molecule has 2 saturated heterocycles. The first-order chi connectivity index (χ1) is 12.3. The zero-order valence-corrected chi connectivity index (χ0v) is 14.3. The molecular formula is C19H23N3O3. The lowest BCUT2D eigenvalue weighted by Gasteiger charge is -2.28. The molecule has 1 aromatic carbocycles. The lowest BCUT2D eigenvalue weighted by Crippen LogP contribution is -2.35. The largest absolute Gasteiger partial charge is 0.381 e. The fourth-order valence-electron chi connectivity index (χ4n) is 3.83. The van der Waals surface area contributed by atoms with E-state index in [1.165, 1.54) is 12.0 Å². The summed E-state index contributed by atoms with van der Waals surface area (Å²) in [5, 5.41) is 3.99. The second kappa shape index (κ2) is 7.35. The van der Waals surface area contributed by atoms with Gasteiger partial charge in [0.15, 0.2) is 5.82 Å². The van der Waals surface area contributed by atoms with Crippen LogP contribution in [0.3, 0.4) is 0 Å². The molecule has 0 saturated carbocycles. The van der Waals surface area contributed by atoms with Crippen LogP contribution in [0.2, 0.25) is 0 Å². The van der Waals surface area contributed by atoms with Gasteiger partial charge in [-0.3, -0.25) is 4.79 Å². The molecular weight excluding hydrogens is 318 g/mol. The molecule has 0 spiro atoms. The highest BCUT2D eigenvalue weighted by molar-refractivity contribution is 5.94. The molecule has 0 unspecified atom stereocenters. The Bertz CT molecular complexity index is 710. The van der Waals surface area contributed by atoms with Gasteiger partial charge < -0.3 is 14.2 Å². The van der Waals surface area contributed by atoms with E-state index >= 15 is 0 Å². The van der Waals surface area contributed by atoms with E-state index < -0.39 is 0 Å². The van der Waals surface area contributed by atoms with Crippen LogP contribution < -0.4 is 0 Å². The van der Waals surface area contributed by atoms with Crippen LogP contribution in [0, 0.1) is 0 Å². The highest BCUT2D eigenvalue weighted by Crippen LogP contribution is 2.31. The SMILES string of the molecule is O=C(c1cccc([C@H]2CCOC2)c1)N1CCCCC[C@H]1c1ncon1. The van der Waals surface area contributed by atoms with Crippen molar-refractivity contribution in [1.82, 2.24) is 15.0 Å². The van der Waals surface area contributed by atoms with Gasteiger partial charge in [-0.15, -0.1) is 0 Å². The van der Waals surface area contributed by atoms with Crippen LogP contribution in [-0.2, 0) is 4.74 Å². The highest BCUT2D eigenvalue weighted by Gasteiger charge is 2.30. The summed E-state index contributed by atoms with van der Waals surface area (Å²) < 4.78 is 10.4. The zero-order valence-electron chi connectivity index (χ0n) is 14.3. The first-order valence-corrected chi connectivity index (χ1v) is 9.08. The highest BCUT2D eigenvalue weighted by atomic mass is 16.5. The molecule has 2 fully saturated rings. The number of likely N-dealkylation sites (tertiary alicyclic amines) is 1. The lowest BCUT2D eigenvalue weighted by atomic mass is 9.96. The maximum Gasteiger partial charge on any atom is 0.254 e. The molecule has 4 rings (SSSR count). The van der Waals surface area contributed by atoms with Crippen LogP contribution in [0.4, 0.5) is 0 Å². The molecule has 6 heteroatoms.